The molecule has 0 aromatic heterocycles. The number of hydrogen-bond donors (Lipinski definition) is 2. The number of carbonyl (C=O) groups is 2. The summed E-state index contributed by atoms with van der Waals surface area (Å²) in [6.07, 6.45) is 1.63. The van der Waals surface area contributed by atoms with E-state index >= 15 is 0 Å². The SMILES string of the molecule is CCOc1cc(/C=C2/SC(=Nc3cccc(Cl)c3Cl)NC2=O)cc(Cl)c1OCC(=O)Nc1ccc(F)cc1. The van der Waals surface area contributed by atoms with Crippen LogP contribution in [0, 0.1) is 5.82 Å². The molecular formula is C26H19Cl3FN3O4S. The Morgan fingerprint density at radius 2 is 1.87 bits per heavy atom. The Morgan fingerprint density at radius 3 is 2.61 bits per heavy atom. The average molecular weight is 595 g/mol. The Morgan fingerprint density at radius 1 is 1.11 bits per heavy atom. The first-order valence-electron chi connectivity index (χ1n) is 11.1. The van der Waals surface area contributed by atoms with E-state index in [0.717, 1.165) is 11.8 Å². The minimum atomic E-state index is -0.466. The van der Waals surface area contributed by atoms with Crippen LogP contribution in [-0.2, 0) is 9.59 Å². The molecule has 2 N–H and O–H groups in total. The maximum atomic E-state index is 13.1. The van der Waals surface area contributed by atoms with E-state index in [-0.39, 0.29) is 28.3 Å². The highest BCUT2D eigenvalue weighted by molar-refractivity contribution is 8.18. The molecular weight excluding hydrogens is 576 g/mol. The van der Waals surface area contributed by atoms with E-state index in [1.807, 2.05) is 0 Å². The summed E-state index contributed by atoms with van der Waals surface area (Å²) in [5, 5.41) is 6.45. The molecule has 3 aromatic carbocycles. The summed E-state index contributed by atoms with van der Waals surface area (Å²) in [5.74, 6) is -0.758. The minimum absolute atomic E-state index is 0.172. The van der Waals surface area contributed by atoms with Crippen molar-refractivity contribution >= 4 is 81.0 Å². The smallest absolute Gasteiger partial charge is 0.264 e. The van der Waals surface area contributed by atoms with E-state index in [1.54, 1.807) is 43.3 Å². The van der Waals surface area contributed by atoms with Gasteiger partial charge in [0.25, 0.3) is 11.8 Å². The van der Waals surface area contributed by atoms with Crippen molar-refractivity contribution in [2.24, 2.45) is 4.99 Å². The second-order valence-electron chi connectivity index (χ2n) is 7.66. The zero-order valence-corrected chi connectivity index (χ0v) is 22.8. The second kappa shape index (κ2) is 12.5. The number of amidine groups is 1. The van der Waals surface area contributed by atoms with Crippen molar-refractivity contribution in [1.82, 2.24) is 5.32 Å². The lowest BCUT2D eigenvalue weighted by atomic mass is 10.2. The van der Waals surface area contributed by atoms with E-state index in [4.69, 9.17) is 44.3 Å². The zero-order valence-electron chi connectivity index (χ0n) is 19.7. The van der Waals surface area contributed by atoms with Gasteiger partial charge >= 0.3 is 0 Å². The lowest BCUT2D eigenvalue weighted by molar-refractivity contribution is -0.118. The summed E-state index contributed by atoms with van der Waals surface area (Å²) in [7, 11) is 0. The van der Waals surface area contributed by atoms with Gasteiger partial charge in [0.15, 0.2) is 23.3 Å². The standard InChI is InChI=1S/C26H19Cl3FN3O4S/c1-2-36-20-11-14(10-18(28)24(20)37-13-22(34)31-16-8-6-15(30)7-9-16)12-21-25(35)33-26(38-21)32-19-5-3-4-17(27)23(19)29/h3-12H,2,13H2,1H3,(H,31,34)(H,32,33,35)/b21-12+. The van der Waals surface area contributed by atoms with Crippen molar-refractivity contribution in [3.05, 3.63) is 86.0 Å². The third-order valence-electron chi connectivity index (χ3n) is 4.91. The first kappa shape index (κ1) is 27.8. The van der Waals surface area contributed by atoms with Crippen molar-refractivity contribution in [2.75, 3.05) is 18.5 Å². The lowest BCUT2D eigenvalue weighted by Crippen LogP contribution is -2.20. The Balaban J connectivity index is 1.50. The van der Waals surface area contributed by atoms with Gasteiger partial charge in [0.05, 0.1) is 32.3 Å². The maximum Gasteiger partial charge on any atom is 0.264 e. The van der Waals surface area contributed by atoms with E-state index in [9.17, 15) is 14.0 Å². The van der Waals surface area contributed by atoms with Crippen LogP contribution in [0.1, 0.15) is 12.5 Å². The summed E-state index contributed by atoms with van der Waals surface area (Å²) in [5.41, 5.74) is 1.42. The van der Waals surface area contributed by atoms with Gasteiger partial charge in [-0.3, -0.25) is 9.59 Å². The van der Waals surface area contributed by atoms with Crippen LogP contribution in [0.5, 0.6) is 11.5 Å². The van der Waals surface area contributed by atoms with Crippen molar-refractivity contribution < 1.29 is 23.5 Å². The van der Waals surface area contributed by atoms with E-state index in [0.29, 0.717) is 44.4 Å². The molecule has 2 amide bonds. The average Bonchev–Trinajstić information content (AvgIpc) is 3.21. The van der Waals surface area contributed by atoms with E-state index in [2.05, 4.69) is 15.6 Å². The Kier molecular flexibility index (Phi) is 9.17. The molecule has 0 atom stereocenters. The number of nitrogens with zero attached hydrogens (tertiary/aromatic N) is 1. The number of rotatable bonds is 8. The number of ether oxygens (including phenoxy) is 2. The fourth-order valence-electron chi connectivity index (χ4n) is 3.26. The Labute approximate surface area is 237 Å². The van der Waals surface area contributed by atoms with Gasteiger partial charge < -0.3 is 20.1 Å². The number of hydrogen-bond acceptors (Lipinski definition) is 6. The van der Waals surface area contributed by atoms with Crippen molar-refractivity contribution in [3.63, 3.8) is 0 Å². The van der Waals surface area contributed by atoms with E-state index in [1.165, 1.54) is 24.3 Å². The number of carbonyl (C=O) groups excluding carboxylic acids is 2. The molecule has 196 valence electrons. The molecule has 0 spiro atoms. The zero-order chi connectivity index (χ0) is 27.2. The highest BCUT2D eigenvalue weighted by Crippen LogP contribution is 2.39. The van der Waals surface area contributed by atoms with Gasteiger partial charge in [-0.15, -0.1) is 0 Å². The topological polar surface area (TPSA) is 89.0 Å². The molecule has 0 unspecified atom stereocenters. The fraction of sp³-hybridized carbons (Fsp3) is 0.115. The van der Waals surface area contributed by atoms with Gasteiger partial charge in [0.2, 0.25) is 0 Å². The number of aliphatic imine (C=N–C) groups is 1. The van der Waals surface area contributed by atoms with Crippen LogP contribution in [0.2, 0.25) is 15.1 Å². The van der Waals surface area contributed by atoms with Gasteiger partial charge in [-0.2, -0.15) is 0 Å². The maximum absolute atomic E-state index is 13.1. The molecule has 4 rings (SSSR count). The number of thioether (sulfide) groups is 1. The monoisotopic (exact) mass is 593 g/mol. The van der Waals surface area contributed by atoms with Crippen LogP contribution in [0.15, 0.2) is 64.5 Å². The van der Waals surface area contributed by atoms with Gasteiger partial charge in [-0.1, -0.05) is 40.9 Å². The molecule has 7 nitrogen and oxygen atoms in total. The summed E-state index contributed by atoms with van der Waals surface area (Å²) >= 11 is 19.8. The molecule has 0 aliphatic carbocycles. The molecule has 0 saturated carbocycles. The van der Waals surface area contributed by atoms with Gasteiger partial charge in [0.1, 0.15) is 5.82 Å². The predicted octanol–water partition coefficient (Wildman–Crippen LogP) is 7.09. The minimum Gasteiger partial charge on any atom is -0.490 e. The van der Waals surface area contributed by atoms with Crippen LogP contribution < -0.4 is 20.1 Å². The number of benzene rings is 3. The largest absolute Gasteiger partial charge is 0.490 e. The molecule has 1 saturated heterocycles. The molecule has 0 radical (unpaired) electrons. The summed E-state index contributed by atoms with van der Waals surface area (Å²) in [6, 6.07) is 13.6. The summed E-state index contributed by atoms with van der Waals surface area (Å²) in [4.78, 5) is 29.6. The molecule has 12 heteroatoms. The number of halogens is 4. The third-order valence-corrected chi connectivity index (χ3v) is 6.91. The van der Waals surface area contributed by atoms with Crippen LogP contribution in [0.4, 0.5) is 15.8 Å². The van der Waals surface area contributed by atoms with Crippen molar-refractivity contribution in [1.29, 1.82) is 0 Å². The normalized spacial score (nSPS) is 15.0. The third kappa shape index (κ3) is 6.99. The van der Waals surface area contributed by atoms with Gasteiger partial charge in [-0.05, 0) is 78.9 Å². The molecule has 3 aromatic rings. The lowest BCUT2D eigenvalue weighted by Gasteiger charge is -2.14. The molecule has 1 fully saturated rings. The summed E-state index contributed by atoms with van der Waals surface area (Å²) < 4.78 is 24.4. The predicted molar refractivity (Wildman–Crippen MR) is 150 cm³/mol. The first-order chi connectivity index (χ1) is 18.2. The fourth-order valence-corrected chi connectivity index (χ4v) is 4.71. The second-order valence-corrected chi connectivity index (χ2v) is 9.88. The van der Waals surface area contributed by atoms with Gasteiger partial charge in [0, 0.05) is 5.69 Å². The van der Waals surface area contributed by atoms with Crippen LogP contribution in [0.25, 0.3) is 6.08 Å². The van der Waals surface area contributed by atoms with Crippen molar-refractivity contribution in [3.8, 4) is 11.5 Å². The quantitative estimate of drug-likeness (QED) is 0.272. The highest BCUT2D eigenvalue weighted by atomic mass is 35.5. The molecule has 1 aliphatic heterocycles. The van der Waals surface area contributed by atoms with Gasteiger partial charge in [-0.25, -0.2) is 9.38 Å². The molecule has 1 heterocycles. The van der Waals surface area contributed by atoms with Crippen LogP contribution >= 0.6 is 46.6 Å². The molecule has 1 aliphatic rings. The number of amides is 2. The number of nitrogens with one attached hydrogen (secondary N) is 2. The van der Waals surface area contributed by atoms with Crippen LogP contribution in [0.3, 0.4) is 0 Å². The van der Waals surface area contributed by atoms with E-state index < -0.39 is 11.7 Å². The number of anilines is 1. The van der Waals surface area contributed by atoms with Crippen LogP contribution in [-0.4, -0.2) is 30.2 Å². The molecule has 38 heavy (non-hydrogen) atoms. The molecule has 0 bridgehead atoms. The highest BCUT2D eigenvalue weighted by Gasteiger charge is 2.25. The Bertz CT molecular complexity index is 1450. The van der Waals surface area contributed by atoms with Crippen molar-refractivity contribution in [2.45, 2.75) is 6.92 Å². The summed E-state index contributed by atoms with van der Waals surface area (Å²) in [6.45, 7) is 1.73. The first-order valence-corrected chi connectivity index (χ1v) is 13.1. The Hall–Kier alpha value is -3.24.